The fourth-order valence-corrected chi connectivity index (χ4v) is 8.02. The minimum absolute atomic E-state index is 0.0859. The Kier molecular flexibility index (Phi) is 6.32. The maximum absolute atomic E-state index is 13.4. The zero-order valence-corrected chi connectivity index (χ0v) is 20.2. The highest BCUT2D eigenvalue weighted by Crippen LogP contribution is 2.64. The topological polar surface area (TPSA) is 80.9 Å². The third-order valence-corrected chi connectivity index (χ3v) is 9.38. The molecule has 0 amide bonds. The zero-order chi connectivity index (χ0) is 22.4. The van der Waals surface area contributed by atoms with Gasteiger partial charge in [-0.3, -0.25) is 4.79 Å². The summed E-state index contributed by atoms with van der Waals surface area (Å²) in [5.74, 6) is 4.41. The van der Waals surface area contributed by atoms with Crippen molar-refractivity contribution in [2.75, 3.05) is 0 Å². The number of aryl methyl sites for hydroxylation is 1. The van der Waals surface area contributed by atoms with Crippen molar-refractivity contribution >= 4 is 5.78 Å². The first-order valence-electron chi connectivity index (χ1n) is 12.6. The summed E-state index contributed by atoms with van der Waals surface area (Å²) in [5.41, 5.74) is -0.380. The smallest absolute Gasteiger partial charge is 0.171 e. The number of ketones is 1. The second kappa shape index (κ2) is 8.57. The Morgan fingerprint density at radius 1 is 1.19 bits per heavy atom. The molecule has 1 aromatic rings. The van der Waals surface area contributed by atoms with Crippen LogP contribution in [0.25, 0.3) is 0 Å². The quantitative estimate of drug-likeness (QED) is 0.713. The summed E-state index contributed by atoms with van der Waals surface area (Å²) in [6.07, 6.45) is 10.1. The fourth-order valence-electron chi connectivity index (χ4n) is 8.02. The van der Waals surface area contributed by atoms with Gasteiger partial charge in [0.1, 0.15) is 6.54 Å². The van der Waals surface area contributed by atoms with Crippen LogP contribution in [-0.2, 0) is 11.3 Å². The number of tetrazole rings is 1. The molecule has 4 rings (SSSR count). The number of hydrogen-bond donors (Lipinski definition) is 1. The minimum Gasteiger partial charge on any atom is -0.390 e. The molecule has 1 aromatic heterocycles. The molecule has 1 N–H and O–H groups in total. The average Bonchev–Trinajstić information content (AvgIpc) is 3.23. The Labute approximate surface area is 187 Å². The largest absolute Gasteiger partial charge is 0.390 e. The van der Waals surface area contributed by atoms with Crippen LogP contribution >= 0.6 is 0 Å². The fraction of sp³-hybridized carbons (Fsp3) is 0.920. The van der Waals surface area contributed by atoms with Gasteiger partial charge >= 0.3 is 0 Å². The Morgan fingerprint density at radius 2 is 1.90 bits per heavy atom. The molecule has 2 unspecified atom stereocenters. The molecule has 174 valence electrons. The van der Waals surface area contributed by atoms with Crippen LogP contribution in [0.15, 0.2) is 0 Å². The Hall–Kier alpha value is -1.30. The van der Waals surface area contributed by atoms with Gasteiger partial charge in [-0.2, -0.15) is 4.80 Å². The molecule has 6 heteroatoms. The molecule has 0 aromatic carbocycles. The number of carbonyl (C=O) groups excluding carboxylic acids is 1. The van der Waals surface area contributed by atoms with E-state index < -0.39 is 5.60 Å². The van der Waals surface area contributed by atoms with E-state index in [1.54, 1.807) is 0 Å². The number of carbonyl (C=O) groups is 1. The molecule has 31 heavy (non-hydrogen) atoms. The maximum Gasteiger partial charge on any atom is 0.171 e. The SMILES string of the molecule is CCC[C@H]1C2[C@H](C)C[C@H](C(=O)Cn3nnc(C)n3)[C@@]2(C)CCC1[C@H]1CC[C@@](C)(O)CC1. The molecular weight excluding hydrogens is 388 g/mol. The van der Waals surface area contributed by atoms with Crippen molar-refractivity contribution in [3.63, 3.8) is 0 Å². The summed E-state index contributed by atoms with van der Waals surface area (Å²) in [6, 6.07) is 0. The predicted octanol–water partition coefficient (Wildman–Crippen LogP) is 4.60. The van der Waals surface area contributed by atoms with Gasteiger partial charge in [0.25, 0.3) is 0 Å². The Bertz CT molecular complexity index is 780. The van der Waals surface area contributed by atoms with Gasteiger partial charge in [0.05, 0.1) is 5.60 Å². The van der Waals surface area contributed by atoms with E-state index in [0.29, 0.717) is 23.6 Å². The van der Waals surface area contributed by atoms with E-state index in [1.165, 1.54) is 24.1 Å². The Morgan fingerprint density at radius 3 is 2.52 bits per heavy atom. The molecule has 6 atom stereocenters. The Balaban J connectivity index is 1.53. The predicted molar refractivity (Wildman–Crippen MR) is 120 cm³/mol. The van der Waals surface area contributed by atoms with Gasteiger partial charge in [-0.25, -0.2) is 0 Å². The van der Waals surface area contributed by atoms with E-state index in [-0.39, 0.29) is 23.7 Å². The van der Waals surface area contributed by atoms with Crippen LogP contribution in [0.1, 0.15) is 91.3 Å². The lowest BCUT2D eigenvalue weighted by atomic mass is 9.52. The summed E-state index contributed by atoms with van der Waals surface area (Å²) >= 11 is 0. The molecule has 0 radical (unpaired) electrons. The number of Topliss-reactive ketones (excluding diaryl/α,β-unsaturated/α-hetero) is 1. The number of hydrogen-bond acceptors (Lipinski definition) is 5. The number of fused-ring (bicyclic) bond motifs is 1. The normalized spacial score (nSPS) is 43.0. The first-order valence-corrected chi connectivity index (χ1v) is 12.6. The van der Waals surface area contributed by atoms with Crippen molar-refractivity contribution in [2.24, 2.45) is 40.9 Å². The first kappa shape index (κ1) is 22.9. The molecule has 3 saturated carbocycles. The van der Waals surface area contributed by atoms with E-state index in [1.807, 2.05) is 13.8 Å². The second-order valence-corrected chi connectivity index (χ2v) is 11.6. The van der Waals surface area contributed by atoms with Gasteiger partial charge in [0, 0.05) is 5.92 Å². The number of rotatable bonds is 6. The van der Waals surface area contributed by atoms with Crippen LogP contribution in [0.2, 0.25) is 0 Å². The third kappa shape index (κ3) is 4.34. The molecular formula is C25H42N4O2. The average molecular weight is 431 g/mol. The lowest BCUT2D eigenvalue weighted by Crippen LogP contribution is -2.47. The van der Waals surface area contributed by atoms with Crippen LogP contribution in [0.4, 0.5) is 0 Å². The molecule has 1 heterocycles. The highest BCUT2D eigenvalue weighted by Gasteiger charge is 2.59. The van der Waals surface area contributed by atoms with Crippen LogP contribution in [0, 0.1) is 47.8 Å². The van der Waals surface area contributed by atoms with Crippen molar-refractivity contribution in [1.29, 1.82) is 0 Å². The van der Waals surface area contributed by atoms with E-state index in [0.717, 1.165) is 50.4 Å². The van der Waals surface area contributed by atoms with Gasteiger partial charge in [0.2, 0.25) is 0 Å². The van der Waals surface area contributed by atoms with Crippen LogP contribution < -0.4 is 0 Å². The van der Waals surface area contributed by atoms with Gasteiger partial charge in [-0.1, -0.05) is 33.6 Å². The third-order valence-electron chi connectivity index (χ3n) is 9.38. The second-order valence-electron chi connectivity index (χ2n) is 11.6. The maximum atomic E-state index is 13.4. The molecule has 3 aliphatic rings. The standard InChI is InChI=1S/C25H42N4O2/c1-6-7-20-19(18-8-11-24(4,31)12-9-18)10-13-25(5)21(14-16(2)23(20)25)22(30)15-29-27-17(3)26-28-29/h16,18-21,23,31H,6-15H2,1-5H3/t16-,18-,19?,20-,21-,23?,24+,25-/m1/s1. The number of aromatic nitrogens is 4. The van der Waals surface area contributed by atoms with Crippen LogP contribution in [0.5, 0.6) is 0 Å². The zero-order valence-electron chi connectivity index (χ0n) is 20.2. The molecule has 0 saturated heterocycles. The van der Waals surface area contributed by atoms with Crippen molar-refractivity contribution < 1.29 is 9.90 Å². The van der Waals surface area contributed by atoms with E-state index >= 15 is 0 Å². The van der Waals surface area contributed by atoms with Gasteiger partial charge in [0.15, 0.2) is 11.6 Å². The summed E-state index contributed by atoms with van der Waals surface area (Å²) in [7, 11) is 0. The van der Waals surface area contributed by atoms with Gasteiger partial charge in [-0.15, -0.1) is 10.2 Å². The lowest BCUT2D eigenvalue weighted by molar-refractivity contribution is -0.130. The van der Waals surface area contributed by atoms with Crippen LogP contribution in [0.3, 0.4) is 0 Å². The molecule has 0 spiro atoms. The van der Waals surface area contributed by atoms with E-state index in [9.17, 15) is 9.90 Å². The van der Waals surface area contributed by atoms with Crippen molar-refractivity contribution in [1.82, 2.24) is 20.2 Å². The lowest BCUT2D eigenvalue weighted by Gasteiger charge is -2.52. The first-order chi connectivity index (χ1) is 14.6. The molecule has 3 aliphatic carbocycles. The van der Waals surface area contributed by atoms with E-state index in [4.69, 9.17) is 0 Å². The number of nitrogens with zero attached hydrogens (tertiary/aromatic N) is 4. The van der Waals surface area contributed by atoms with Crippen molar-refractivity contribution in [3.8, 4) is 0 Å². The van der Waals surface area contributed by atoms with Crippen LogP contribution in [-0.4, -0.2) is 36.7 Å². The molecule has 0 bridgehead atoms. The van der Waals surface area contributed by atoms with Crippen molar-refractivity contribution in [2.45, 2.75) is 105 Å². The number of aliphatic hydroxyl groups is 1. The van der Waals surface area contributed by atoms with E-state index in [2.05, 4.69) is 36.2 Å². The summed E-state index contributed by atoms with van der Waals surface area (Å²) in [5, 5.41) is 22.7. The highest BCUT2D eigenvalue weighted by atomic mass is 16.3. The summed E-state index contributed by atoms with van der Waals surface area (Å²) in [6.45, 7) is 11.2. The van der Waals surface area contributed by atoms with Gasteiger partial charge < -0.3 is 5.11 Å². The van der Waals surface area contributed by atoms with Crippen molar-refractivity contribution in [3.05, 3.63) is 5.82 Å². The highest BCUT2D eigenvalue weighted by molar-refractivity contribution is 5.82. The monoisotopic (exact) mass is 430 g/mol. The molecule has 6 nitrogen and oxygen atoms in total. The molecule has 0 aliphatic heterocycles. The summed E-state index contributed by atoms with van der Waals surface area (Å²) < 4.78 is 0. The molecule has 3 fully saturated rings. The minimum atomic E-state index is -0.466. The summed E-state index contributed by atoms with van der Waals surface area (Å²) in [4.78, 5) is 14.9. The van der Waals surface area contributed by atoms with Gasteiger partial charge in [-0.05, 0) is 99.0 Å².